The first-order valence-corrected chi connectivity index (χ1v) is 29.8. The minimum Gasteiger partial charge on any atom is -0.494 e. The summed E-state index contributed by atoms with van der Waals surface area (Å²) >= 11 is 0. The van der Waals surface area contributed by atoms with Crippen LogP contribution in [0.4, 0.5) is 0 Å². The Hall–Kier alpha value is -9.44. The zero-order valence-electron chi connectivity index (χ0n) is 49.6. The number of aliphatic hydroxyl groups is 2. The van der Waals surface area contributed by atoms with Gasteiger partial charge in [0.1, 0.15) is 69.0 Å². The number of nitrogens with zero attached hydrogens (tertiary/aromatic N) is 2. The van der Waals surface area contributed by atoms with Crippen molar-refractivity contribution in [2.24, 2.45) is 9.98 Å². The Morgan fingerprint density at radius 1 is 0.314 bits per heavy atom. The van der Waals surface area contributed by atoms with Crippen LogP contribution in [0.1, 0.15) is 138 Å². The third kappa shape index (κ3) is 13.9. The molecule has 9 aromatic carbocycles. The van der Waals surface area contributed by atoms with Gasteiger partial charge >= 0.3 is 11.9 Å². The van der Waals surface area contributed by atoms with E-state index in [1.807, 2.05) is 13.8 Å². The third-order valence-electron chi connectivity index (χ3n) is 14.4. The summed E-state index contributed by atoms with van der Waals surface area (Å²) in [7, 11) is 0. The van der Waals surface area contributed by atoms with Gasteiger partial charge in [0.05, 0.1) is 37.6 Å². The van der Waals surface area contributed by atoms with Crippen LogP contribution in [0.25, 0.3) is 43.1 Å². The molecule has 0 bridgehead atoms. The van der Waals surface area contributed by atoms with Crippen molar-refractivity contribution in [1.29, 1.82) is 0 Å². The lowest BCUT2D eigenvalue weighted by molar-refractivity contribution is 0.0695. The number of carboxylic acids is 2. The Morgan fingerprint density at radius 2 is 0.547 bits per heavy atom. The molecule has 86 heavy (non-hydrogen) atoms. The van der Waals surface area contributed by atoms with Crippen LogP contribution in [-0.4, -0.2) is 83.7 Å². The second-order valence-electron chi connectivity index (χ2n) is 20.8. The van der Waals surface area contributed by atoms with E-state index in [1.54, 1.807) is 109 Å². The molecule has 9 rings (SSSR count). The Bertz CT molecular complexity index is 3610. The van der Waals surface area contributed by atoms with Crippen LogP contribution >= 0.6 is 0 Å². The molecular formula is C70H74N2O14. The largest absolute Gasteiger partial charge is 0.494 e. The first kappa shape index (κ1) is 61.1. The van der Waals surface area contributed by atoms with Crippen molar-refractivity contribution < 1.29 is 67.9 Å². The van der Waals surface area contributed by atoms with Gasteiger partial charge in [-0.25, -0.2) is 9.59 Å². The van der Waals surface area contributed by atoms with Gasteiger partial charge in [-0.15, -0.1) is 0 Å². The monoisotopic (exact) mass is 1170 g/mol. The van der Waals surface area contributed by atoms with Crippen molar-refractivity contribution in [3.63, 3.8) is 0 Å². The molecule has 448 valence electrons. The van der Waals surface area contributed by atoms with Crippen molar-refractivity contribution in [2.75, 3.05) is 39.5 Å². The molecule has 0 saturated carbocycles. The normalized spacial score (nSPS) is 11.8. The number of fused-ring (bicyclic) bond motifs is 2. The molecule has 0 heterocycles. The highest BCUT2D eigenvalue weighted by molar-refractivity contribution is 6.42. The first-order valence-electron chi connectivity index (χ1n) is 29.8. The van der Waals surface area contributed by atoms with Crippen LogP contribution < -0.4 is 37.9 Å². The molecular weight excluding hydrogens is 1090 g/mol. The highest BCUT2D eigenvalue weighted by Crippen LogP contribution is 2.57. The molecule has 0 amide bonds. The van der Waals surface area contributed by atoms with Crippen LogP contribution in [0.2, 0.25) is 0 Å². The lowest BCUT2D eigenvalue weighted by Gasteiger charge is -2.26. The topological polar surface area (TPSA) is 214 Å². The predicted octanol–water partition coefficient (Wildman–Crippen LogP) is 18.4. The molecule has 16 nitrogen and oxygen atoms in total. The second kappa shape index (κ2) is 28.9. The molecule has 0 fully saturated rings. The molecule has 0 aromatic heterocycles. The highest BCUT2D eigenvalue weighted by Gasteiger charge is 2.34. The van der Waals surface area contributed by atoms with Crippen molar-refractivity contribution in [1.82, 2.24) is 0 Å². The lowest BCUT2D eigenvalue weighted by Crippen LogP contribution is -2.11. The maximum atomic E-state index is 14.0. The number of hydrogen-bond acceptors (Lipinski definition) is 12. The van der Waals surface area contributed by atoms with E-state index >= 15 is 0 Å². The number of hydrogen-bond donors (Lipinski definition) is 4. The molecule has 0 saturated heterocycles. The third-order valence-corrected chi connectivity index (χ3v) is 14.4. The molecule has 16 heteroatoms. The van der Waals surface area contributed by atoms with Crippen LogP contribution in [0.3, 0.4) is 0 Å². The average molecular weight is 1170 g/mol. The van der Waals surface area contributed by atoms with Crippen molar-refractivity contribution in [3.05, 3.63) is 144 Å². The predicted molar refractivity (Wildman–Crippen MR) is 338 cm³/mol. The maximum absolute atomic E-state index is 14.0. The zero-order valence-corrected chi connectivity index (χ0v) is 49.6. The first-order chi connectivity index (χ1) is 41.9. The fourth-order valence-electron chi connectivity index (χ4n) is 10.0. The molecule has 0 aliphatic carbocycles. The number of ether oxygens (including phenoxy) is 8. The minimum atomic E-state index is -1.45. The van der Waals surface area contributed by atoms with Gasteiger partial charge in [0, 0.05) is 67.3 Å². The smallest absolute Gasteiger partial charge is 0.336 e. The van der Waals surface area contributed by atoms with Crippen molar-refractivity contribution in [3.8, 4) is 69.0 Å². The van der Waals surface area contributed by atoms with Crippen LogP contribution in [0.15, 0.2) is 131 Å². The quantitative estimate of drug-likeness (QED) is 0.0102. The highest BCUT2D eigenvalue weighted by atomic mass is 16.5. The van der Waals surface area contributed by atoms with Gasteiger partial charge in [0.15, 0.2) is 0 Å². The van der Waals surface area contributed by atoms with E-state index < -0.39 is 23.1 Å². The van der Waals surface area contributed by atoms with Gasteiger partial charge < -0.3 is 58.3 Å². The molecule has 0 spiro atoms. The van der Waals surface area contributed by atoms with Crippen LogP contribution in [0.5, 0.6) is 69.0 Å². The Kier molecular flexibility index (Phi) is 20.5. The molecule has 0 radical (unpaired) electrons. The maximum Gasteiger partial charge on any atom is 0.336 e. The number of aliphatic hydroxyl groups excluding tert-OH is 2. The van der Waals surface area contributed by atoms with E-state index in [0.29, 0.717) is 73.8 Å². The Balaban J connectivity index is 1.51. The van der Waals surface area contributed by atoms with Crippen LogP contribution in [0, 0.1) is 0 Å². The van der Waals surface area contributed by atoms with Gasteiger partial charge in [-0.2, -0.15) is 0 Å². The molecule has 0 aliphatic heterocycles. The Morgan fingerprint density at radius 3 is 0.779 bits per heavy atom. The summed E-state index contributed by atoms with van der Waals surface area (Å²) in [4.78, 5) is 37.3. The Labute approximate surface area is 500 Å². The zero-order chi connectivity index (χ0) is 60.7. The van der Waals surface area contributed by atoms with Crippen LogP contribution in [-0.2, 0) is 0 Å². The summed E-state index contributed by atoms with van der Waals surface area (Å²) in [5.41, 5.74) is -0.540. The van der Waals surface area contributed by atoms with Gasteiger partial charge in [-0.1, -0.05) is 67.2 Å². The van der Waals surface area contributed by atoms with Crippen molar-refractivity contribution >= 4 is 66.8 Å². The minimum absolute atomic E-state index is 0.0265. The van der Waals surface area contributed by atoms with Gasteiger partial charge in [-0.3, -0.25) is 9.98 Å². The summed E-state index contributed by atoms with van der Waals surface area (Å²) in [5.74, 6) is 0.0631. The van der Waals surface area contributed by atoms with E-state index in [9.17, 15) is 30.0 Å². The number of aromatic carboxylic acids is 2. The summed E-state index contributed by atoms with van der Waals surface area (Å²) in [6, 6.07) is 33.7. The summed E-state index contributed by atoms with van der Waals surface area (Å²) in [6.45, 7) is 14.6. The fourth-order valence-corrected chi connectivity index (χ4v) is 10.0. The molecule has 0 unspecified atom stereocenters. The van der Waals surface area contributed by atoms with E-state index in [-0.39, 0.29) is 114 Å². The number of carbonyl (C=O) groups is 2. The number of rotatable bonds is 32. The van der Waals surface area contributed by atoms with E-state index in [1.165, 1.54) is 12.1 Å². The second-order valence-corrected chi connectivity index (χ2v) is 20.8. The van der Waals surface area contributed by atoms with Crippen molar-refractivity contribution in [2.45, 2.75) is 106 Å². The van der Waals surface area contributed by atoms with E-state index in [4.69, 9.17) is 37.9 Å². The fraction of sp³-hybridized carbons (Fsp3) is 0.314. The van der Waals surface area contributed by atoms with E-state index in [2.05, 4.69) is 37.7 Å². The molecule has 4 N–H and O–H groups in total. The average Bonchev–Trinajstić information content (AvgIpc) is 0.688. The number of aliphatic imine (C=N–C) groups is 2. The van der Waals surface area contributed by atoms with Gasteiger partial charge in [0.2, 0.25) is 11.8 Å². The number of carboxylic acid groups (broad SMARTS) is 2. The number of benzene rings is 9. The summed E-state index contributed by atoms with van der Waals surface area (Å²) in [6.07, 6.45) is 8.30. The molecule has 9 aromatic rings. The molecule has 0 aliphatic rings. The number of unbranched alkanes of at least 4 members (excludes halogenated alkanes) is 4. The van der Waals surface area contributed by atoms with Gasteiger partial charge in [-0.05, 0) is 160 Å². The standard InChI is InChI=1S/C70H74N2O14/c1-7-13-35-79-43-17-25-47(26-18-43)83-55-39-51(67(73)71-33-11-5)59-52(68(74)72-34-12-6)40-56(84-48-27-19-44(20-28-48)80-36-14-8-2)62-64-58(86-50-31-23-46(24-32-50)82-38-16-10-4)42-54(70(77)78)60-53(69(75)76)41-57(63(66(60)64)61(55)65(59)62)85-49-29-21-45(22-30-49)81-37-15-9-3/h17-32,39-42H,7-16,33-38H2,1-6H3,(H,71,73)(H,72,74)(H,75,76)(H,77,78). The SMILES string of the molecule is CCCCOc1ccc(Oc2cc(C(=O)O)c3c(C(=O)O)cc(Oc4ccc(OCCCC)cc4)c4c5c(Oc6ccc(OCCCC)cc6)cc(C(O)=NCCC)c6c(C(O)=NCCC)cc(Oc7ccc(OCCCC)cc7)c(c2c34)c65)cc1. The van der Waals surface area contributed by atoms with Gasteiger partial charge in [0.25, 0.3) is 0 Å². The summed E-state index contributed by atoms with van der Waals surface area (Å²) in [5, 5.41) is 49.1. The molecule has 0 atom stereocenters. The summed E-state index contributed by atoms with van der Waals surface area (Å²) < 4.78 is 52.2. The lowest BCUT2D eigenvalue weighted by atomic mass is 9.82. The van der Waals surface area contributed by atoms with E-state index in [0.717, 1.165) is 51.4 Å².